The molecule has 3 heteroatoms. The van der Waals surface area contributed by atoms with Crippen LogP contribution in [0.25, 0.3) is 0 Å². The molecule has 0 saturated heterocycles. The first-order chi connectivity index (χ1) is 10.1. The number of nitrogens with zero attached hydrogens (tertiary/aromatic N) is 1. The molecule has 0 aliphatic rings. The van der Waals surface area contributed by atoms with Crippen LogP contribution in [-0.4, -0.2) is 30.9 Å². The molecule has 1 rings (SSSR count). The molecular weight excluding hydrogens is 260 g/mol. The molecule has 0 aromatic heterocycles. The second-order valence-corrected chi connectivity index (χ2v) is 5.98. The van der Waals surface area contributed by atoms with E-state index in [1.165, 1.54) is 5.56 Å². The van der Waals surface area contributed by atoms with Gasteiger partial charge in [-0.2, -0.15) is 0 Å². The van der Waals surface area contributed by atoms with Gasteiger partial charge in [-0.05, 0) is 50.1 Å². The Bertz CT molecular complexity index is 391. The van der Waals surface area contributed by atoms with Gasteiger partial charge in [0.05, 0.1) is 0 Å². The second-order valence-electron chi connectivity index (χ2n) is 5.98. The average molecular weight is 290 g/mol. The van der Waals surface area contributed by atoms with Crippen molar-refractivity contribution < 1.29 is 4.79 Å². The average Bonchev–Trinajstić information content (AvgIpc) is 2.50. The third-order valence-electron chi connectivity index (χ3n) is 3.99. The summed E-state index contributed by atoms with van der Waals surface area (Å²) in [4.78, 5) is 13.9. The Morgan fingerprint density at radius 1 is 1.19 bits per heavy atom. The molecule has 0 aliphatic heterocycles. The van der Waals surface area contributed by atoms with E-state index in [4.69, 9.17) is 5.73 Å². The molecule has 118 valence electrons. The van der Waals surface area contributed by atoms with Crippen LogP contribution in [0, 0.1) is 5.92 Å². The fraction of sp³-hybridized carbons (Fsp3) is 0.611. The summed E-state index contributed by atoms with van der Waals surface area (Å²) in [5, 5.41) is 0. The Kier molecular flexibility index (Phi) is 8.76. The van der Waals surface area contributed by atoms with Crippen molar-refractivity contribution in [3.63, 3.8) is 0 Å². The molecule has 1 atom stereocenters. The van der Waals surface area contributed by atoms with E-state index in [0.29, 0.717) is 18.9 Å². The van der Waals surface area contributed by atoms with Gasteiger partial charge >= 0.3 is 0 Å². The van der Waals surface area contributed by atoms with E-state index in [-0.39, 0.29) is 5.91 Å². The fourth-order valence-electron chi connectivity index (χ4n) is 2.44. The van der Waals surface area contributed by atoms with Crippen LogP contribution in [0.3, 0.4) is 0 Å². The van der Waals surface area contributed by atoms with Gasteiger partial charge in [-0.1, -0.05) is 37.3 Å². The van der Waals surface area contributed by atoms with Gasteiger partial charge in [0.15, 0.2) is 0 Å². The molecule has 1 aromatic carbocycles. The summed E-state index contributed by atoms with van der Waals surface area (Å²) in [7, 11) is 1.92. The predicted molar refractivity (Wildman–Crippen MR) is 89.1 cm³/mol. The van der Waals surface area contributed by atoms with Crippen molar-refractivity contribution in [1.82, 2.24) is 4.90 Å². The van der Waals surface area contributed by atoms with Crippen LogP contribution >= 0.6 is 0 Å². The normalized spacial score (nSPS) is 12.1. The topological polar surface area (TPSA) is 46.3 Å². The van der Waals surface area contributed by atoms with Gasteiger partial charge in [0.1, 0.15) is 0 Å². The lowest BCUT2D eigenvalue weighted by molar-refractivity contribution is -0.130. The van der Waals surface area contributed by atoms with E-state index < -0.39 is 0 Å². The first kappa shape index (κ1) is 17.7. The third kappa shape index (κ3) is 7.86. The molecule has 1 unspecified atom stereocenters. The van der Waals surface area contributed by atoms with E-state index in [1.807, 2.05) is 18.0 Å². The Morgan fingerprint density at radius 2 is 1.90 bits per heavy atom. The first-order valence-electron chi connectivity index (χ1n) is 8.11. The number of nitrogens with two attached hydrogens (primary N) is 1. The van der Waals surface area contributed by atoms with Crippen molar-refractivity contribution >= 4 is 5.91 Å². The van der Waals surface area contributed by atoms with Gasteiger partial charge in [-0.15, -0.1) is 0 Å². The summed E-state index contributed by atoms with van der Waals surface area (Å²) < 4.78 is 0. The molecule has 1 aromatic rings. The van der Waals surface area contributed by atoms with Gasteiger partial charge < -0.3 is 10.6 Å². The van der Waals surface area contributed by atoms with Crippen LogP contribution < -0.4 is 5.73 Å². The number of amides is 1. The monoisotopic (exact) mass is 290 g/mol. The molecule has 2 N–H and O–H groups in total. The lowest BCUT2D eigenvalue weighted by Gasteiger charge is -2.18. The first-order valence-corrected chi connectivity index (χ1v) is 8.11. The summed E-state index contributed by atoms with van der Waals surface area (Å²) in [5.74, 6) is 0.809. The number of hydrogen-bond acceptors (Lipinski definition) is 2. The Morgan fingerprint density at radius 3 is 2.57 bits per heavy atom. The zero-order valence-electron chi connectivity index (χ0n) is 13.6. The Labute approximate surface area is 129 Å². The maximum Gasteiger partial charge on any atom is 0.222 e. The molecule has 0 fully saturated rings. The number of benzene rings is 1. The molecule has 0 heterocycles. The minimum Gasteiger partial charge on any atom is -0.346 e. The minimum atomic E-state index is 0.263. The zero-order chi connectivity index (χ0) is 15.5. The minimum absolute atomic E-state index is 0.263. The highest BCUT2D eigenvalue weighted by atomic mass is 16.2. The van der Waals surface area contributed by atoms with Gasteiger partial charge in [-0.3, -0.25) is 4.79 Å². The zero-order valence-corrected chi connectivity index (χ0v) is 13.6. The highest BCUT2D eigenvalue weighted by molar-refractivity contribution is 5.75. The second kappa shape index (κ2) is 10.4. The number of rotatable bonds is 10. The van der Waals surface area contributed by atoms with Crippen molar-refractivity contribution in [2.45, 2.75) is 45.4 Å². The van der Waals surface area contributed by atoms with Crippen LogP contribution in [0.15, 0.2) is 30.3 Å². The Balaban J connectivity index is 2.12. The predicted octanol–water partition coefficient (Wildman–Crippen LogP) is 3.23. The van der Waals surface area contributed by atoms with Crippen LogP contribution in [0.4, 0.5) is 0 Å². The van der Waals surface area contributed by atoms with Crippen LogP contribution in [0.2, 0.25) is 0 Å². The summed E-state index contributed by atoms with van der Waals surface area (Å²) >= 11 is 0. The SMILES string of the molecule is CC(CCN)CCC(=O)N(C)CCCCc1ccccc1. The van der Waals surface area contributed by atoms with E-state index >= 15 is 0 Å². The highest BCUT2D eigenvalue weighted by Crippen LogP contribution is 2.11. The molecule has 21 heavy (non-hydrogen) atoms. The Hall–Kier alpha value is -1.35. The highest BCUT2D eigenvalue weighted by Gasteiger charge is 2.10. The third-order valence-corrected chi connectivity index (χ3v) is 3.99. The molecule has 0 saturated carbocycles. The van der Waals surface area contributed by atoms with Crippen molar-refractivity contribution in [3.8, 4) is 0 Å². The molecule has 3 nitrogen and oxygen atoms in total. The number of hydrogen-bond donors (Lipinski definition) is 1. The number of carbonyl (C=O) groups is 1. The van der Waals surface area contributed by atoms with Gasteiger partial charge in [0.2, 0.25) is 5.91 Å². The van der Waals surface area contributed by atoms with Crippen LogP contribution in [-0.2, 0) is 11.2 Å². The maximum atomic E-state index is 12.0. The number of unbranched alkanes of at least 4 members (excludes halogenated alkanes) is 1. The molecule has 0 bridgehead atoms. The van der Waals surface area contributed by atoms with E-state index in [9.17, 15) is 4.79 Å². The van der Waals surface area contributed by atoms with Gasteiger partial charge in [0.25, 0.3) is 0 Å². The molecule has 0 radical (unpaired) electrons. The lowest BCUT2D eigenvalue weighted by atomic mass is 10.0. The van der Waals surface area contributed by atoms with Gasteiger partial charge in [-0.25, -0.2) is 0 Å². The molecular formula is C18H30N2O. The maximum absolute atomic E-state index is 12.0. The van der Waals surface area contributed by atoms with E-state index in [1.54, 1.807) is 0 Å². The molecule has 1 amide bonds. The summed E-state index contributed by atoms with van der Waals surface area (Å²) in [6, 6.07) is 10.5. The van der Waals surface area contributed by atoms with Crippen molar-refractivity contribution in [1.29, 1.82) is 0 Å². The number of aryl methyl sites for hydroxylation is 1. The van der Waals surface area contributed by atoms with Crippen molar-refractivity contribution in [3.05, 3.63) is 35.9 Å². The number of carbonyl (C=O) groups excluding carboxylic acids is 1. The summed E-state index contributed by atoms with van der Waals surface area (Å²) in [5.41, 5.74) is 6.91. The largest absolute Gasteiger partial charge is 0.346 e. The lowest BCUT2D eigenvalue weighted by Crippen LogP contribution is -2.28. The van der Waals surface area contributed by atoms with Crippen LogP contribution in [0.1, 0.15) is 44.6 Å². The van der Waals surface area contributed by atoms with E-state index in [0.717, 1.165) is 38.6 Å². The van der Waals surface area contributed by atoms with Gasteiger partial charge in [0, 0.05) is 20.0 Å². The van der Waals surface area contributed by atoms with E-state index in [2.05, 4.69) is 31.2 Å². The summed E-state index contributed by atoms with van der Waals surface area (Å²) in [6.07, 6.45) is 5.89. The fourth-order valence-corrected chi connectivity index (χ4v) is 2.44. The van der Waals surface area contributed by atoms with Crippen molar-refractivity contribution in [2.24, 2.45) is 11.7 Å². The van der Waals surface area contributed by atoms with Crippen LogP contribution in [0.5, 0.6) is 0 Å². The summed E-state index contributed by atoms with van der Waals surface area (Å²) in [6.45, 7) is 3.74. The standard InChI is InChI=1S/C18H30N2O/c1-16(13-14-19)11-12-18(21)20(2)15-7-6-10-17-8-4-3-5-9-17/h3-5,8-9,16H,6-7,10-15,19H2,1-2H3. The molecule has 0 aliphatic carbocycles. The smallest absolute Gasteiger partial charge is 0.222 e. The van der Waals surface area contributed by atoms with Crippen molar-refractivity contribution in [2.75, 3.05) is 20.1 Å². The quantitative estimate of drug-likeness (QED) is 0.672. The molecule has 0 spiro atoms.